The van der Waals surface area contributed by atoms with Crippen LogP contribution in [0.15, 0.2) is 0 Å². The third-order valence-electron chi connectivity index (χ3n) is 3.26. The lowest BCUT2D eigenvalue weighted by atomic mass is 10.3. The third-order valence-corrected chi connectivity index (χ3v) is 3.26. The Labute approximate surface area is 103 Å². The number of nitrogens with zero attached hydrogens (tertiary/aromatic N) is 5. The van der Waals surface area contributed by atoms with Gasteiger partial charge in [-0.05, 0) is 34.4 Å². The molecular formula is C12H23N5. The Bertz CT molecular complexity index is 369. The minimum Gasteiger partial charge on any atom is -0.313 e. The molecule has 0 aliphatic carbocycles. The van der Waals surface area contributed by atoms with E-state index >= 15 is 0 Å². The smallest absolute Gasteiger partial charge is 0.147 e. The minimum absolute atomic E-state index is 0.579. The number of fused-ring (bicyclic) bond motifs is 1. The first-order valence-corrected chi connectivity index (χ1v) is 6.37. The summed E-state index contributed by atoms with van der Waals surface area (Å²) in [6.07, 6.45) is 1.18. The summed E-state index contributed by atoms with van der Waals surface area (Å²) < 4.78 is 2.29. The van der Waals surface area contributed by atoms with Gasteiger partial charge in [0.1, 0.15) is 11.6 Å². The second-order valence-electron chi connectivity index (χ2n) is 5.34. The largest absolute Gasteiger partial charge is 0.313 e. The van der Waals surface area contributed by atoms with Crippen LogP contribution in [-0.4, -0.2) is 51.2 Å². The summed E-state index contributed by atoms with van der Waals surface area (Å²) in [4.78, 5) is 4.61. The molecule has 1 aromatic heterocycles. The monoisotopic (exact) mass is 237 g/mol. The second kappa shape index (κ2) is 5.14. The van der Waals surface area contributed by atoms with Gasteiger partial charge in [0.2, 0.25) is 0 Å². The van der Waals surface area contributed by atoms with Gasteiger partial charge in [0.25, 0.3) is 0 Å². The molecule has 1 aliphatic rings. The molecule has 1 aromatic rings. The Morgan fingerprint density at radius 1 is 1.24 bits per heavy atom. The molecule has 0 amide bonds. The van der Waals surface area contributed by atoms with Gasteiger partial charge in [0.15, 0.2) is 0 Å². The van der Waals surface area contributed by atoms with Crippen LogP contribution in [0.5, 0.6) is 0 Å². The third kappa shape index (κ3) is 2.84. The lowest BCUT2D eigenvalue weighted by molar-refractivity contribution is 0.214. The van der Waals surface area contributed by atoms with Gasteiger partial charge in [0.05, 0.1) is 13.1 Å². The van der Waals surface area contributed by atoms with Crippen LogP contribution >= 0.6 is 0 Å². The van der Waals surface area contributed by atoms with E-state index in [1.165, 1.54) is 6.42 Å². The Morgan fingerprint density at radius 3 is 2.65 bits per heavy atom. The standard InChI is InChI=1S/C12H23N5/c1-10(2)16-6-5-7-17-11(8-15(3)4)13-14-12(17)9-16/h10H,5-9H2,1-4H3. The molecule has 0 spiro atoms. The van der Waals surface area contributed by atoms with Crippen LogP contribution in [0.3, 0.4) is 0 Å². The van der Waals surface area contributed by atoms with Gasteiger partial charge in [-0.2, -0.15) is 0 Å². The number of aromatic nitrogens is 3. The fraction of sp³-hybridized carbons (Fsp3) is 0.833. The van der Waals surface area contributed by atoms with E-state index < -0.39 is 0 Å². The van der Waals surface area contributed by atoms with Gasteiger partial charge in [-0.3, -0.25) is 4.90 Å². The highest BCUT2D eigenvalue weighted by Gasteiger charge is 2.20. The first-order valence-electron chi connectivity index (χ1n) is 6.37. The molecular weight excluding hydrogens is 214 g/mol. The van der Waals surface area contributed by atoms with Crippen molar-refractivity contribution in [1.82, 2.24) is 24.6 Å². The highest BCUT2D eigenvalue weighted by molar-refractivity contribution is 4.98. The Balaban J connectivity index is 2.18. The van der Waals surface area contributed by atoms with Crippen molar-refractivity contribution < 1.29 is 0 Å². The summed E-state index contributed by atoms with van der Waals surface area (Å²) in [7, 11) is 4.14. The van der Waals surface area contributed by atoms with Crippen LogP contribution in [-0.2, 0) is 19.6 Å². The van der Waals surface area contributed by atoms with Gasteiger partial charge < -0.3 is 9.47 Å². The fourth-order valence-corrected chi connectivity index (χ4v) is 2.28. The fourth-order valence-electron chi connectivity index (χ4n) is 2.28. The summed E-state index contributed by atoms with van der Waals surface area (Å²) in [5.74, 6) is 2.21. The van der Waals surface area contributed by atoms with Crippen molar-refractivity contribution in [2.45, 2.75) is 45.9 Å². The predicted molar refractivity (Wildman–Crippen MR) is 67.6 cm³/mol. The quantitative estimate of drug-likeness (QED) is 0.784. The minimum atomic E-state index is 0.579. The Morgan fingerprint density at radius 2 is 2.00 bits per heavy atom. The van der Waals surface area contributed by atoms with Crippen molar-refractivity contribution in [2.75, 3.05) is 20.6 Å². The molecule has 5 nitrogen and oxygen atoms in total. The second-order valence-corrected chi connectivity index (χ2v) is 5.34. The van der Waals surface area contributed by atoms with Crippen LogP contribution in [0.4, 0.5) is 0 Å². The maximum absolute atomic E-state index is 4.35. The number of hydrogen-bond donors (Lipinski definition) is 0. The average Bonchev–Trinajstić information content (AvgIpc) is 2.50. The Hall–Kier alpha value is -0.940. The summed E-state index contributed by atoms with van der Waals surface area (Å²) in [6.45, 7) is 8.49. The van der Waals surface area contributed by atoms with Crippen LogP contribution in [0.1, 0.15) is 31.9 Å². The molecule has 0 atom stereocenters. The summed E-state index contributed by atoms with van der Waals surface area (Å²) in [5.41, 5.74) is 0. The molecule has 0 bridgehead atoms. The van der Waals surface area contributed by atoms with Crippen molar-refractivity contribution in [2.24, 2.45) is 0 Å². The summed E-state index contributed by atoms with van der Waals surface area (Å²) in [6, 6.07) is 0.579. The van der Waals surface area contributed by atoms with E-state index in [2.05, 4.69) is 52.5 Å². The lowest BCUT2D eigenvalue weighted by Crippen LogP contribution is -2.30. The van der Waals surface area contributed by atoms with Gasteiger partial charge in [-0.15, -0.1) is 10.2 Å². The maximum Gasteiger partial charge on any atom is 0.147 e. The van der Waals surface area contributed by atoms with Crippen LogP contribution in [0.2, 0.25) is 0 Å². The molecule has 2 rings (SSSR count). The van der Waals surface area contributed by atoms with E-state index in [9.17, 15) is 0 Å². The van der Waals surface area contributed by atoms with E-state index in [1.54, 1.807) is 0 Å². The van der Waals surface area contributed by atoms with E-state index in [1.807, 2.05) is 0 Å². The van der Waals surface area contributed by atoms with E-state index in [0.717, 1.165) is 37.8 Å². The highest BCUT2D eigenvalue weighted by Crippen LogP contribution is 2.15. The van der Waals surface area contributed by atoms with Crippen LogP contribution in [0.25, 0.3) is 0 Å². The molecule has 96 valence electrons. The zero-order chi connectivity index (χ0) is 12.4. The summed E-state index contributed by atoms with van der Waals surface area (Å²) in [5, 5.41) is 8.67. The molecule has 0 N–H and O–H groups in total. The van der Waals surface area contributed by atoms with E-state index in [4.69, 9.17) is 0 Å². The molecule has 0 saturated carbocycles. The van der Waals surface area contributed by atoms with E-state index in [-0.39, 0.29) is 0 Å². The number of hydrogen-bond acceptors (Lipinski definition) is 4. The molecule has 0 fully saturated rings. The van der Waals surface area contributed by atoms with Crippen molar-refractivity contribution in [3.63, 3.8) is 0 Å². The SMILES string of the molecule is CC(C)N1CCCn2c(CN(C)C)nnc2C1. The van der Waals surface area contributed by atoms with Crippen LogP contribution in [0, 0.1) is 0 Å². The normalized spacial score (nSPS) is 17.5. The first-order chi connectivity index (χ1) is 8.08. The predicted octanol–water partition coefficient (Wildman–Crippen LogP) is 0.954. The Kier molecular flexibility index (Phi) is 3.79. The first kappa shape index (κ1) is 12.5. The molecule has 0 radical (unpaired) electrons. The highest BCUT2D eigenvalue weighted by atomic mass is 15.3. The van der Waals surface area contributed by atoms with Crippen molar-refractivity contribution in [3.05, 3.63) is 11.6 Å². The van der Waals surface area contributed by atoms with Crippen molar-refractivity contribution in [1.29, 1.82) is 0 Å². The molecule has 5 heteroatoms. The lowest BCUT2D eigenvalue weighted by Gasteiger charge is -2.23. The average molecular weight is 237 g/mol. The molecule has 17 heavy (non-hydrogen) atoms. The molecule has 0 unspecified atom stereocenters. The van der Waals surface area contributed by atoms with Gasteiger partial charge in [-0.25, -0.2) is 0 Å². The topological polar surface area (TPSA) is 37.2 Å². The number of rotatable bonds is 3. The molecule has 1 aliphatic heterocycles. The zero-order valence-electron chi connectivity index (χ0n) is 11.3. The van der Waals surface area contributed by atoms with Gasteiger partial charge in [-0.1, -0.05) is 0 Å². The van der Waals surface area contributed by atoms with Crippen molar-refractivity contribution in [3.8, 4) is 0 Å². The van der Waals surface area contributed by atoms with Crippen molar-refractivity contribution >= 4 is 0 Å². The van der Waals surface area contributed by atoms with Gasteiger partial charge in [0, 0.05) is 19.1 Å². The van der Waals surface area contributed by atoms with Crippen LogP contribution < -0.4 is 0 Å². The van der Waals surface area contributed by atoms with E-state index in [0.29, 0.717) is 6.04 Å². The molecule has 2 heterocycles. The summed E-state index contributed by atoms with van der Waals surface area (Å²) >= 11 is 0. The van der Waals surface area contributed by atoms with Gasteiger partial charge >= 0.3 is 0 Å². The maximum atomic E-state index is 4.35. The zero-order valence-corrected chi connectivity index (χ0v) is 11.3. The molecule has 0 saturated heterocycles. The molecule has 0 aromatic carbocycles.